The standard InChI is InChI=1S/C23H27FN4O3/c1-13-20-17(14(11-25)9-19(29)28(20)16-5-6-16)10-18(24)21(13)27-8-7-15(12-27)26-22(30)31-23(2,3)4/h9-10,15-16H,5-8,12H2,1-4H3,(H,26,30)/t15-/m0/s1. The van der Waals surface area contributed by atoms with Crippen molar-refractivity contribution in [3.8, 4) is 6.07 Å². The lowest BCUT2D eigenvalue weighted by Crippen LogP contribution is -2.40. The van der Waals surface area contributed by atoms with Crippen molar-refractivity contribution in [1.29, 1.82) is 5.26 Å². The number of alkyl carbamates (subject to hydrolysis) is 1. The van der Waals surface area contributed by atoms with Crippen molar-refractivity contribution in [1.82, 2.24) is 9.88 Å². The monoisotopic (exact) mass is 426 g/mol. The van der Waals surface area contributed by atoms with E-state index in [1.807, 2.05) is 11.0 Å². The lowest BCUT2D eigenvalue weighted by Gasteiger charge is -2.25. The molecule has 1 atom stereocenters. The van der Waals surface area contributed by atoms with Crippen LogP contribution in [0.2, 0.25) is 0 Å². The Morgan fingerprint density at radius 2 is 2.00 bits per heavy atom. The Hall–Kier alpha value is -3.08. The fourth-order valence-electron chi connectivity index (χ4n) is 4.38. The van der Waals surface area contributed by atoms with Gasteiger partial charge in [-0.1, -0.05) is 0 Å². The molecule has 0 spiro atoms. The SMILES string of the molecule is Cc1c(N2CC[C@H](NC(=O)OC(C)(C)C)C2)c(F)cc2c(C#N)cc(=O)n(C3CC3)c12. The third-order valence-electron chi connectivity index (χ3n) is 5.76. The highest BCUT2D eigenvalue weighted by molar-refractivity contribution is 5.92. The fraction of sp³-hybridized carbons (Fsp3) is 0.522. The average Bonchev–Trinajstić information content (AvgIpc) is 3.40. The van der Waals surface area contributed by atoms with E-state index >= 15 is 4.39 Å². The van der Waals surface area contributed by atoms with Gasteiger partial charge in [-0.2, -0.15) is 5.26 Å². The van der Waals surface area contributed by atoms with Gasteiger partial charge in [0.2, 0.25) is 0 Å². The zero-order valence-electron chi connectivity index (χ0n) is 18.3. The van der Waals surface area contributed by atoms with E-state index in [0.717, 1.165) is 12.8 Å². The molecule has 1 aromatic heterocycles. The van der Waals surface area contributed by atoms with Gasteiger partial charge in [-0.15, -0.1) is 0 Å². The molecular formula is C23H27FN4O3. The zero-order valence-corrected chi connectivity index (χ0v) is 18.3. The number of aromatic nitrogens is 1. The van der Waals surface area contributed by atoms with Crippen LogP contribution in [0.3, 0.4) is 0 Å². The Labute approximate surface area is 180 Å². The van der Waals surface area contributed by atoms with Crippen molar-refractivity contribution in [3.63, 3.8) is 0 Å². The lowest BCUT2D eigenvalue weighted by molar-refractivity contribution is 0.0509. The molecule has 31 heavy (non-hydrogen) atoms. The van der Waals surface area contributed by atoms with Gasteiger partial charge in [0.15, 0.2) is 0 Å². The van der Waals surface area contributed by atoms with Gasteiger partial charge in [-0.25, -0.2) is 9.18 Å². The van der Waals surface area contributed by atoms with E-state index in [2.05, 4.69) is 5.32 Å². The van der Waals surface area contributed by atoms with Gasteiger partial charge in [0.25, 0.3) is 5.56 Å². The van der Waals surface area contributed by atoms with Crippen LogP contribution in [0.1, 0.15) is 57.2 Å². The minimum Gasteiger partial charge on any atom is -0.444 e. The molecule has 0 bridgehead atoms. The number of hydrogen-bond acceptors (Lipinski definition) is 5. The third-order valence-corrected chi connectivity index (χ3v) is 5.76. The van der Waals surface area contributed by atoms with Crippen LogP contribution in [0.4, 0.5) is 14.9 Å². The molecule has 8 heteroatoms. The normalized spacial score (nSPS) is 18.8. The third kappa shape index (κ3) is 4.09. The summed E-state index contributed by atoms with van der Waals surface area (Å²) in [4.78, 5) is 26.7. The number of pyridine rings is 1. The Morgan fingerprint density at radius 3 is 2.61 bits per heavy atom. The predicted molar refractivity (Wildman–Crippen MR) is 116 cm³/mol. The van der Waals surface area contributed by atoms with Crippen LogP contribution in [0.5, 0.6) is 0 Å². The number of aryl methyl sites for hydroxylation is 1. The lowest BCUT2D eigenvalue weighted by atomic mass is 10.0. The van der Waals surface area contributed by atoms with Crippen molar-refractivity contribution in [2.75, 3.05) is 18.0 Å². The van der Waals surface area contributed by atoms with E-state index < -0.39 is 17.5 Å². The summed E-state index contributed by atoms with van der Waals surface area (Å²) in [5.41, 5.74) is 1.08. The molecule has 1 aromatic carbocycles. The predicted octanol–water partition coefficient (Wildman–Crippen LogP) is 3.76. The number of nitrogens with one attached hydrogen (secondary N) is 1. The molecule has 2 aliphatic rings. The number of hydrogen-bond donors (Lipinski definition) is 1. The summed E-state index contributed by atoms with van der Waals surface area (Å²) in [6.07, 6.45) is 1.97. The van der Waals surface area contributed by atoms with Crippen molar-refractivity contribution < 1.29 is 13.9 Å². The Balaban J connectivity index is 1.69. The molecule has 2 heterocycles. The highest BCUT2D eigenvalue weighted by Crippen LogP contribution is 2.40. The van der Waals surface area contributed by atoms with Gasteiger partial charge in [-0.3, -0.25) is 4.79 Å². The molecule has 164 valence electrons. The number of fused-ring (bicyclic) bond motifs is 1. The molecule has 1 saturated carbocycles. The molecule has 2 aromatic rings. The summed E-state index contributed by atoms with van der Waals surface area (Å²) in [5, 5.41) is 12.8. The summed E-state index contributed by atoms with van der Waals surface area (Å²) in [6, 6.07) is 4.63. The number of anilines is 1. The number of amides is 1. The van der Waals surface area contributed by atoms with E-state index in [4.69, 9.17) is 4.74 Å². The largest absolute Gasteiger partial charge is 0.444 e. The smallest absolute Gasteiger partial charge is 0.407 e. The average molecular weight is 426 g/mol. The maximum Gasteiger partial charge on any atom is 0.407 e. The van der Waals surface area contributed by atoms with Crippen LogP contribution in [-0.4, -0.2) is 35.4 Å². The Morgan fingerprint density at radius 1 is 1.29 bits per heavy atom. The van der Waals surface area contributed by atoms with Gasteiger partial charge < -0.3 is 19.5 Å². The number of nitrogens with zero attached hydrogens (tertiary/aromatic N) is 3. The topological polar surface area (TPSA) is 87.4 Å². The number of ether oxygens (including phenoxy) is 1. The van der Waals surface area contributed by atoms with Crippen LogP contribution < -0.4 is 15.8 Å². The molecule has 1 amide bonds. The zero-order chi connectivity index (χ0) is 22.5. The number of benzene rings is 1. The minimum atomic E-state index is -0.589. The minimum absolute atomic E-state index is 0.0971. The van der Waals surface area contributed by atoms with E-state index in [1.165, 1.54) is 12.1 Å². The van der Waals surface area contributed by atoms with Gasteiger partial charge in [0, 0.05) is 30.6 Å². The highest BCUT2D eigenvalue weighted by Gasteiger charge is 2.32. The first-order chi connectivity index (χ1) is 14.6. The van der Waals surface area contributed by atoms with Gasteiger partial charge in [-0.05, 0) is 58.6 Å². The second-order valence-corrected chi connectivity index (χ2v) is 9.42. The van der Waals surface area contributed by atoms with Crippen LogP contribution in [-0.2, 0) is 4.74 Å². The van der Waals surface area contributed by atoms with Crippen molar-refractivity contribution >= 4 is 22.7 Å². The quantitative estimate of drug-likeness (QED) is 0.808. The number of carbonyl (C=O) groups is 1. The number of nitriles is 1. The second-order valence-electron chi connectivity index (χ2n) is 9.42. The van der Waals surface area contributed by atoms with Crippen molar-refractivity contribution in [2.45, 2.75) is 64.6 Å². The van der Waals surface area contributed by atoms with Gasteiger partial charge in [0.05, 0.1) is 22.8 Å². The summed E-state index contributed by atoms with van der Waals surface area (Å²) < 4.78 is 22.3. The van der Waals surface area contributed by atoms with Crippen LogP contribution in [0.25, 0.3) is 10.9 Å². The maximum atomic E-state index is 15.3. The molecule has 1 N–H and O–H groups in total. The molecule has 7 nitrogen and oxygen atoms in total. The molecular weight excluding hydrogens is 399 g/mol. The molecule has 1 aliphatic carbocycles. The van der Waals surface area contributed by atoms with Crippen molar-refractivity contribution in [3.05, 3.63) is 39.4 Å². The van der Waals surface area contributed by atoms with Crippen LogP contribution in [0.15, 0.2) is 16.9 Å². The molecule has 0 radical (unpaired) electrons. The van der Waals surface area contributed by atoms with Crippen molar-refractivity contribution in [2.24, 2.45) is 0 Å². The maximum absolute atomic E-state index is 15.3. The number of rotatable bonds is 3. The molecule has 1 aliphatic heterocycles. The molecule has 2 fully saturated rings. The highest BCUT2D eigenvalue weighted by atomic mass is 19.1. The van der Waals surface area contributed by atoms with E-state index in [0.29, 0.717) is 41.7 Å². The molecule has 1 saturated heterocycles. The number of carbonyl (C=O) groups excluding carboxylic acids is 1. The molecule has 4 rings (SSSR count). The summed E-state index contributed by atoms with van der Waals surface area (Å²) in [6.45, 7) is 8.21. The van der Waals surface area contributed by atoms with Gasteiger partial charge in [0.1, 0.15) is 17.5 Å². The summed E-state index contributed by atoms with van der Waals surface area (Å²) in [7, 11) is 0. The van der Waals surface area contributed by atoms with E-state index in [-0.39, 0.29) is 23.2 Å². The summed E-state index contributed by atoms with van der Waals surface area (Å²) in [5.74, 6) is -0.430. The van der Waals surface area contributed by atoms with Crippen LogP contribution in [0, 0.1) is 24.1 Å². The Bertz CT molecular complexity index is 1150. The van der Waals surface area contributed by atoms with E-state index in [9.17, 15) is 14.9 Å². The fourth-order valence-corrected chi connectivity index (χ4v) is 4.38. The first-order valence-corrected chi connectivity index (χ1v) is 10.6. The van der Waals surface area contributed by atoms with E-state index in [1.54, 1.807) is 32.3 Å². The first-order valence-electron chi connectivity index (χ1n) is 10.6. The number of halogens is 1. The van der Waals surface area contributed by atoms with Gasteiger partial charge >= 0.3 is 6.09 Å². The molecule has 0 unspecified atom stereocenters. The second kappa shape index (κ2) is 7.56. The van der Waals surface area contributed by atoms with Crippen LogP contribution >= 0.6 is 0 Å². The summed E-state index contributed by atoms with van der Waals surface area (Å²) >= 11 is 0. The first kappa shape index (κ1) is 21.2. The Kier molecular flexibility index (Phi) is 5.16.